The Kier molecular flexibility index (Phi) is 5.49. The van der Waals surface area contributed by atoms with Crippen LogP contribution in [0.15, 0.2) is 66.7 Å². The van der Waals surface area contributed by atoms with Crippen molar-refractivity contribution in [1.29, 1.82) is 0 Å². The predicted octanol–water partition coefficient (Wildman–Crippen LogP) is 4.06. The molecular weight excluding hydrogens is 397 g/mol. The number of benzene rings is 3. The average molecular weight is 417 g/mol. The van der Waals surface area contributed by atoms with Crippen molar-refractivity contribution < 1.29 is 18.7 Å². The summed E-state index contributed by atoms with van der Waals surface area (Å²) in [6.07, 6.45) is -0.841. The third-order valence-corrected chi connectivity index (χ3v) is 4.85. The summed E-state index contributed by atoms with van der Waals surface area (Å²) >= 11 is 0. The lowest BCUT2D eigenvalue weighted by Crippen LogP contribution is -2.47. The van der Waals surface area contributed by atoms with Gasteiger partial charge in [0, 0.05) is 17.1 Å². The van der Waals surface area contributed by atoms with Crippen LogP contribution in [0.2, 0.25) is 0 Å². The molecule has 0 saturated heterocycles. The Bertz CT molecular complexity index is 1300. The number of ether oxygens (including phenoxy) is 1. The van der Waals surface area contributed by atoms with Gasteiger partial charge in [-0.1, -0.05) is 30.3 Å². The number of nitrogens with zero attached hydrogens (tertiary/aromatic N) is 1. The summed E-state index contributed by atoms with van der Waals surface area (Å²) in [5.74, 6) is -0.939. The van der Waals surface area contributed by atoms with Crippen LogP contribution in [0.3, 0.4) is 0 Å². The Hall–Kier alpha value is -4.00. The van der Waals surface area contributed by atoms with Gasteiger partial charge in [0.25, 0.3) is 11.8 Å². The van der Waals surface area contributed by atoms with Crippen LogP contribution in [-0.2, 0) is 4.79 Å². The number of fused-ring (bicyclic) bond motifs is 2. The van der Waals surface area contributed by atoms with Crippen molar-refractivity contribution in [3.63, 3.8) is 0 Å². The first-order valence-corrected chi connectivity index (χ1v) is 9.73. The number of nitrogens with one attached hydrogen (secondary N) is 2. The zero-order valence-corrected chi connectivity index (χ0v) is 17.0. The fourth-order valence-corrected chi connectivity index (χ4v) is 3.31. The summed E-state index contributed by atoms with van der Waals surface area (Å²) in [7, 11) is 0. The van der Waals surface area contributed by atoms with E-state index in [0.717, 1.165) is 10.8 Å². The highest BCUT2D eigenvalue weighted by Crippen LogP contribution is 2.22. The van der Waals surface area contributed by atoms with E-state index in [9.17, 15) is 14.0 Å². The maximum atomic E-state index is 13.5. The lowest BCUT2D eigenvalue weighted by molar-refractivity contribution is -0.128. The minimum atomic E-state index is -0.841. The number of amides is 2. The summed E-state index contributed by atoms with van der Waals surface area (Å²) in [4.78, 5) is 29.3. The molecule has 0 aliphatic rings. The largest absolute Gasteiger partial charge is 0.481 e. The van der Waals surface area contributed by atoms with Crippen LogP contribution >= 0.6 is 0 Å². The number of aromatic nitrogens is 1. The monoisotopic (exact) mass is 417 g/mol. The molecule has 0 aliphatic carbocycles. The van der Waals surface area contributed by atoms with Crippen LogP contribution in [0.5, 0.6) is 5.75 Å². The van der Waals surface area contributed by atoms with Gasteiger partial charge in [0.15, 0.2) is 6.10 Å². The topological polar surface area (TPSA) is 80.3 Å². The van der Waals surface area contributed by atoms with Crippen LogP contribution in [0.25, 0.3) is 21.7 Å². The molecule has 1 heterocycles. The minimum absolute atomic E-state index is 0.283. The second-order valence-electron chi connectivity index (χ2n) is 7.19. The summed E-state index contributed by atoms with van der Waals surface area (Å²) < 4.78 is 19.2. The standard InChI is InChI=1S/C24H20FN3O3/c1-14-11-21(20-10-8-18(25)13-22(20)26-14)24(30)28-27-23(29)15(2)31-19-9-7-16-5-3-4-6-17(16)12-19/h3-13,15H,1-2H3,(H,27,29)(H,28,30). The summed E-state index contributed by atoms with van der Waals surface area (Å²) in [5, 5.41) is 2.55. The third-order valence-electron chi connectivity index (χ3n) is 4.85. The molecule has 1 atom stereocenters. The molecule has 2 amide bonds. The van der Waals surface area contributed by atoms with Gasteiger partial charge in [-0.3, -0.25) is 25.4 Å². The number of hydrazine groups is 1. The van der Waals surface area contributed by atoms with Gasteiger partial charge in [-0.2, -0.15) is 0 Å². The molecule has 4 aromatic rings. The van der Waals surface area contributed by atoms with Crippen molar-refractivity contribution >= 4 is 33.5 Å². The number of halogens is 1. The van der Waals surface area contributed by atoms with Gasteiger partial charge in [-0.05, 0) is 55.0 Å². The molecule has 0 fully saturated rings. The van der Waals surface area contributed by atoms with Gasteiger partial charge in [-0.15, -0.1) is 0 Å². The van der Waals surface area contributed by atoms with E-state index in [0.29, 0.717) is 22.3 Å². The van der Waals surface area contributed by atoms with Crippen molar-refractivity contribution in [3.05, 3.63) is 83.8 Å². The Labute approximate surface area is 178 Å². The molecule has 7 heteroatoms. The number of carbonyl (C=O) groups excluding carboxylic acids is 2. The highest BCUT2D eigenvalue weighted by Gasteiger charge is 2.18. The Morgan fingerprint density at radius 3 is 2.55 bits per heavy atom. The summed E-state index contributed by atoms with van der Waals surface area (Å²) in [6.45, 7) is 3.30. The number of rotatable bonds is 4. The van der Waals surface area contributed by atoms with Gasteiger partial charge >= 0.3 is 0 Å². The Morgan fingerprint density at radius 2 is 1.74 bits per heavy atom. The van der Waals surface area contributed by atoms with Crippen LogP contribution in [0, 0.1) is 12.7 Å². The number of hydrogen-bond acceptors (Lipinski definition) is 4. The highest BCUT2D eigenvalue weighted by atomic mass is 19.1. The van der Waals surface area contributed by atoms with Crippen molar-refractivity contribution in [1.82, 2.24) is 15.8 Å². The maximum absolute atomic E-state index is 13.5. The van der Waals surface area contributed by atoms with E-state index < -0.39 is 23.7 Å². The summed E-state index contributed by atoms with van der Waals surface area (Å²) in [6, 6.07) is 19.0. The maximum Gasteiger partial charge on any atom is 0.279 e. The SMILES string of the molecule is Cc1cc(C(=O)NNC(=O)C(C)Oc2ccc3ccccc3c2)c2ccc(F)cc2n1. The van der Waals surface area contributed by atoms with Crippen molar-refractivity contribution in [2.45, 2.75) is 20.0 Å². The van der Waals surface area contributed by atoms with E-state index in [4.69, 9.17) is 4.74 Å². The van der Waals surface area contributed by atoms with Crippen molar-refractivity contribution in [2.75, 3.05) is 0 Å². The normalized spacial score (nSPS) is 11.8. The number of hydrogen-bond donors (Lipinski definition) is 2. The first-order chi connectivity index (χ1) is 14.9. The van der Waals surface area contributed by atoms with Crippen LogP contribution < -0.4 is 15.6 Å². The Morgan fingerprint density at radius 1 is 0.968 bits per heavy atom. The molecule has 0 aliphatic heterocycles. The molecule has 0 bridgehead atoms. The van der Waals surface area contributed by atoms with Crippen molar-refractivity contribution in [2.24, 2.45) is 0 Å². The van der Waals surface area contributed by atoms with Crippen LogP contribution in [-0.4, -0.2) is 22.9 Å². The second kappa shape index (κ2) is 8.39. The second-order valence-corrected chi connectivity index (χ2v) is 7.19. The quantitative estimate of drug-likeness (QED) is 0.491. The van der Waals surface area contributed by atoms with E-state index in [1.807, 2.05) is 36.4 Å². The highest BCUT2D eigenvalue weighted by molar-refractivity contribution is 6.06. The minimum Gasteiger partial charge on any atom is -0.481 e. The molecule has 31 heavy (non-hydrogen) atoms. The molecule has 1 unspecified atom stereocenters. The van der Waals surface area contributed by atoms with Gasteiger partial charge in [0.2, 0.25) is 0 Å². The van der Waals surface area contributed by atoms with Crippen LogP contribution in [0.4, 0.5) is 4.39 Å². The summed E-state index contributed by atoms with van der Waals surface area (Å²) in [5.41, 5.74) is 5.97. The van der Waals surface area contributed by atoms with E-state index >= 15 is 0 Å². The lowest BCUT2D eigenvalue weighted by atomic mass is 10.1. The molecule has 0 radical (unpaired) electrons. The smallest absolute Gasteiger partial charge is 0.279 e. The predicted molar refractivity (Wildman–Crippen MR) is 116 cm³/mol. The fraction of sp³-hybridized carbons (Fsp3) is 0.125. The number of aryl methyl sites for hydroxylation is 1. The van der Waals surface area contributed by atoms with Crippen molar-refractivity contribution in [3.8, 4) is 5.75 Å². The first-order valence-electron chi connectivity index (χ1n) is 9.73. The van der Waals surface area contributed by atoms with Gasteiger partial charge in [0.05, 0.1) is 11.1 Å². The number of carbonyl (C=O) groups is 2. The zero-order chi connectivity index (χ0) is 22.0. The fourth-order valence-electron chi connectivity index (χ4n) is 3.31. The molecule has 3 aromatic carbocycles. The molecule has 0 saturated carbocycles. The van der Waals surface area contributed by atoms with Gasteiger partial charge < -0.3 is 4.74 Å². The molecular formula is C24H20FN3O3. The first kappa shape index (κ1) is 20.3. The number of pyridine rings is 1. The third kappa shape index (κ3) is 4.45. The Balaban J connectivity index is 1.43. The molecule has 6 nitrogen and oxygen atoms in total. The van der Waals surface area contributed by atoms with Gasteiger partial charge in [0.1, 0.15) is 11.6 Å². The van der Waals surface area contributed by atoms with E-state index in [1.54, 1.807) is 26.0 Å². The van der Waals surface area contributed by atoms with E-state index in [2.05, 4.69) is 15.8 Å². The molecule has 0 spiro atoms. The molecule has 2 N–H and O–H groups in total. The van der Waals surface area contributed by atoms with E-state index in [1.165, 1.54) is 18.2 Å². The van der Waals surface area contributed by atoms with E-state index in [-0.39, 0.29) is 5.56 Å². The van der Waals surface area contributed by atoms with Crippen LogP contribution in [0.1, 0.15) is 23.0 Å². The van der Waals surface area contributed by atoms with Gasteiger partial charge in [-0.25, -0.2) is 4.39 Å². The lowest BCUT2D eigenvalue weighted by Gasteiger charge is -2.16. The average Bonchev–Trinajstić information content (AvgIpc) is 2.76. The zero-order valence-electron chi connectivity index (χ0n) is 17.0. The molecule has 1 aromatic heterocycles. The molecule has 156 valence electrons. The molecule has 4 rings (SSSR count).